The Labute approximate surface area is 474 Å². The van der Waals surface area contributed by atoms with E-state index in [2.05, 4.69) is 6.92 Å². The minimum atomic E-state index is -6.89. The van der Waals surface area contributed by atoms with Crippen LogP contribution in [0, 0.1) is 0 Å². The van der Waals surface area contributed by atoms with Crippen LogP contribution < -0.4 is 28.4 Å². The fourth-order valence-corrected chi connectivity index (χ4v) is 8.69. The molecule has 0 amide bonds. The molecule has 0 atom stereocenters. The first-order valence-corrected chi connectivity index (χ1v) is 27.4. The predicted molar refractivity (Wildman–Crippen MR) is 291 cm³/mol. The number of unbranched alkanes of at least 4 members (excludes halogenated alkanes) is 14. The van der Waals surface area contributed by atoms with Gasteiger partial charge in [-0.1, -0.05) is 114 Å². The molecule has 0 aliphatic heterocycles. The largest absolute Gasteiger partial charge is 0.494 e. The van der Waals surface area contributed by atoms with Crippen molar-refractivity contribution >= 4 is 46.3 Å². The summed E-state index contributed by atoms with van der Waals surface area (Å²) in [4.78, 5) is 52.1. The molecule has 0 fully saturated rings. The van der Waals surface area contributed by atoms with Crippen LogP contribution in [0.25, 0.3) is 10.8 Å². The van der Waals surface area contributed by atoms with Gasteiger partial charge in [0.15, 0.2) is 0 Å². The average Bonchev–Trinajstić information content (AvgIpc) is 2.64. The molecule has 0 aliphatic carbocycles. The summed E-state index contributed by atoms with van der Waals surface area (Å²) in [5, 5.41) is 1.13. The second-order valence-corrected chi connectivity index (χ2v) is 19.9. The predicted octanol–water partition coefficient (Wildman–Crippen LogP) is 18.2. The molecule has 0 aliphatic rings. The number of carbonyl (C=O) groups is 4. The second kappa shape index (κ2) is 30.1. The Kier molecular flexibility index (Phi) is 23.5. The van der Waals surface area contributed by atoms with Crippen molar-refractivity contribution < 1.29 is 87.1 Å². The van der Waals surface area contributed by atoms with Crippen molar-refractivity contribution in [2.45, 2.75) is 140 Å². The Morgan fingerprint density at radius 2 is 0.732 bits per heavy atom. The molecule has 82 heavy (non-hydrogen) atoms. The van der Waals surface area contributed by atoms with Gasteiger partial charge in [0, 0.05) is 11.8 Å². The number of benzene rings is 6. The van der Waals surface area contributed by atoms with Gasteiger partial charge in [0.05, 0.1) is 40.5 Å². The van der Waals surface area contributed by atoms with Crippen molar-refractivity contribution in [3.05, 3.63) is 155 Å². The second-order valence-electron chi connectivity index (χ2n) is 19.5. The summed E-state index contributed by atoms with van der Waals surface area (Å²) in [6, 6.07) is 32.0. The lowest BCUT2D eigenvalue weighted by Gasteiger charge is -2.33. The van der Waals surface area contributed by atoms with Gasteiger partial charge in [0.25, 0.3) is 0 Å². The third kappa shape index (κ3) is 18.1. The minimum Gasteiger partial charge on any atom is -0.494 e. The first-order chi connectivity index (χ1) is 39.1. The molecule has 0 radical (unpaired) electrons. The zero-order valence-corrected chi connectivity index (χ0v) is 45.7. The van der Waals surface area contributed by atoms with Crippen LogP contribution in [0.15, 0.2) is 127 Å². The monoisotopic (exact) mass is 1170 g/mol. The van der Waals surface area contributed by atoms with Crippen LogP contribution in [-0.2, 0) is 0 Å². The number of alkyl halides is 9. The quantitative estimate of drug-likeness (QED) is 0.0175. The highest BCUT2D eigenvalue weighted by molar-refractivity contribution is 6.37. The Morgan fingerprint density at radius 1 is 0.390 bits per heavy atom. The standard InChI is InChI=1S/C62H62ClF9O10/c1-2-3-4-5-6-7-8-10-13-16-39-77-47-28-19-43(20-29-47)55(73)79-49-32-23-45(24-33-49)57(75)81-51-36-18-42-27-37-53(54(63)52(42)41-51)82-58(76)46-25-34-50(35-26-46)80-56(74)44-21-30-48(31-22-44)78-40-17-14-11-9-12-15-38-59(64,65)60(66,67)61(68,69)62(70,71)72/h18-37,41H,2-17,38-40H2,1H3. The summed E-state index contributed by atoms with van der Waals surface area (Å²) in [5.74, 6) is -20.3. The number of esters is 4. The summed E-state index contributed by atoms with van der Waals surface area (Å²) in [7, 11) is 0. The van der Waals surface area contributed by atoms with E-state index in [1.165, 1.54) is 136 Å². The van der Waals surface area contributed by atoms with E-state index in [9.17, 15) is 58.7 Å². The van der Waals surface area contributed by atoms with Gasteiger partial charge in [-0.3, -0.25) is 0 Å². The van der Waals surface area contributed by atoms with E-state index in [4.69, 9.17) is 40.0 Å². The zero-order valence-electron chi connectivity index (χ0n) is 44.9. The highest BCUT2D eigenvalue weighted by Crippen LogP contribution is 2.54. The van der Waals surface area contributed by atoms with Crippen LogP contribution >= 0.6 is 11.6 Å². The normalized spacial score (nSPS) is 12.0. The number of hydrogen-bond donors (Lipinski definition) is 0. The third-order valence-corrected chi connectivity index (χ3v) is 13.6. The Morgan fingerprint density at radius 3 is 1.15 bits per heavy atom. The molecule has 6 aromatic carbocycles. The number of ether oxygens (including phenoxy) is 6. The molecule has 0 heterocycles. The fraction of sp³-hybridized carbons (Fsp3) is 0.387. The Bertz CT molecular complexity index is 3020. The summed E-state index contributed by atoms with van der Waals surface area (Å²) in [5.41, 5.74) is 0.771. The number of hydrogen-bond acceptors (Lipinski definition) is 10. The lowest BCUT2D eigenvalue weighted by atomic mass is 9.98. The summed E-state index contributed by atoms with van der Waals surface area (Å²) in [6.45, 7) is 3.03. The molecule has 0 aromatic heterocycles. The van der Waals surface area contributed by atoms with E-state index in [0.29, 0.717) is 53.7 Å². The smallest absolute Gasteiger partial charge is 0.460 e. The fourth-order valence-electron chi connectivity index (χ4n) is 8.42. The van der Waals surface area contributed by atoms with E-state index in [1.54, 1.807) is 42.5 Å². The lowest BCUT2D eigenvalue weighted by Crippen LogP contribution is -2.60. The van der Waals surface area contributed by atoms with E-state index in [0.717, 1.165) is 12.8 Å². The van der Waals surface area contributed by atoms with Gasteiger partial charge in [-0.15, -0.1) is 0 Å². The Balaban J connectivity index is 0.886. The molecular formula is C62H62ClF9O10. The summed E-state index contributed by atoms with van der Waals surface area (Å²) in [6.07, 6.45) is 4.56. The number of carbonyl (C=O) groups excluding carboxylic acids is 4. The molecule has 0 bridgehead atoms. The zero-order chi connectivity index (χ0) is 59.3. The third-order valence-electron chi connectivity index (χ3n) is 13.2. The van der Waals surface area contributed by atoms with Crippen molar-refractivity contribution in [3.8, 4) is 34.5 Å². The van der Waals surface area contributed by atoms with Crippen molar-refractivity contribution in [3.63, 3.8) is 0 Å². The van der Waals surface area contributed by atoms with Gasteiger partial charge in [-0.05, 0) is 140 Å². The number of fused-ring (bicyclic) bond motifs is 1. The minimum absolute atomic E-state index is 0.0154. The molecule has 0 spiro atoms. The van der Waals surface area contributed by atoms with Gasteiger partial charge in [0.1, 0.15) is 34.5 Å². The van der Waals surface area contributed by atoms with Crippen LogP contribution in [0.5, 0.6) is 34.5 Å². The van der Waals surface area contributed by atoms with Gasteiger partial charge in [0.2, 0.25) is 0 Å². The molecule has 6 rings (SSSR count). The van der Waals surface area contributed by atoms with Gasteiger partial charge in [-0.25, -0.2) is 19.2 Å². The highest BCUT2D eigenvalue weighted by Gasteiger charge is 2.81. The van der Waals surface area contributed by atoms with Gasteiger partial charge in [-0.2, -0.15) is 39.5 Å². The molecule has 0 N–H and O–H groups in total. The van der Waals surface area contributed by atoms with Crippen LogP contribution in [0.2, 0.25) is 5.02 Å². The van der Waals surface area contributed by atoms with E-state index in [-0.39, 0.29) is 64.2 Å². The topological polar surface area (TPSA) is 124 Å². The van der Waals surface area contributed by atoms with Crippen molar-refractivity contribution in [2.75, 3.05) is 13.2 Å². The molecule has 440 valence electrons. The summed E-state index contributed by atoms with van der Waals surface area (Å²) >= 11 is 6.71. The molecule has 0 unspecified atom stereocenters. The molecular weight excluding hydrogens is 1110 g/mol. The van der Waals surface area contributed by atoms with E-state index in [1.807, 2.05) is 0 Å². The lowest BCUT2D eigenvalue weighted by molar-refractivity contribution is -0.396. The maximum absolute atomic E-state index is 13.7. The Hall–Kier alpha value is -7.28. The average molecular weight is 1170 g/mol. The molecule has 10 nitrogen and oxygen atoms in total. The van der Waals surface area contributed by atoms with E-state index < -0.39 is 60.7 Å². The molecule has 0 saturated carbocycles. The highest BCUT2D eigenvalue weighted by atomic mass is 35.5. The van der Waals surface area contributed by atoms with Crippen molar-refractivity contribution in [1.82, 2.24) is 0 Å². The molecule has 20 heteroatoms. The molecule has 0 saturated heterocycles. The van der Waals surface area contributed by atoms with E-state index >= 15 is 0 Å². The maximum atomic E-state index is 13.7. The number of halogens is 10. The van der Waals surface area contributed by atoms with Crippen LogP contribution in [0.4, 0.5) is 39.5 Å². The van der Waals surface area contributed by atoms with Crippen LogP contribution in [0.1, 0.15) is 158 Å². The summed E-state index contributed by atoms with van der Waals surface area (Å²) < 4.78 is 151. The van der Waals surface area contributed by atoms with Gasteiger partial charge >= 0.3 is 47.8 Å². The van der Waals surface area contributed by atoms with Gasteiger partial charge < -0.3 is 28.4 Å². The maximum Gasteiger partial charge on any atom is 0.460 e. The molecule has 6 aromatic rings. The first kappa shape index (κ1) is 63.9. The van der Waals surface area contributed by atoms with Crippen molar-refractivity contribution in [1.29, 1.82) is 0 Å². The van der Waals surface area contributed by atoms with Crippen molar-refractivity contribution in [2.24, 2.45) is 0 Å². The van der Waals surface area contributed by atoms with Crippen LogP contribution in [0.3, 0.4) is 0 Å². The van der Waals surface area contributed by atoms with Crippen LogP contribution in [-0.4, -0.2) is 61.0 Å². The number of rotatable bonds is 32. The SMILES string of the molecule is CCCCCCCCCCCCOc1ccc(C(=O)Oc2ccc(C(=O)Oc3ccc4ccc(OC(=O)c5ccc(OC(=O)c6ccc(OCCCCCCCCC(F)(F)C(F)(F)C(F)(F)C(F)(F)F)cc6)cc5)c(Cl)c4c3)cc2)cc1. The first-order valence-electron chi connectivity index (χ1n) is 27.1.